The van der Waals surface area contributed by atoms with E-state index in [9.17, 15) is 0 Å². The first-order valence-electron chi connectivity index (χ1n) is 19.1. The predicted molar refractivity (Wildman–Crippen MR) is 189 cm³/mol. The second-order valence-corrected chi connectivity index (χ2v) is 11.9. The van der Waals surface area contributed by atoms with Crippen molar-refractivity contribution in [1.82, 2.24) is 0 Å². The first kappa shape index (κ1) is 46.6. The number of ether oxygens (including phenoxy) is 9. The number of aliphatic hydroxyl groups is 1. The Balaban J connectivity index is 0.000000503. The van der Waals surface area contributed by atoms with Gasteiger partial charge in [0.1, 0.15) is 0 Å². The summed E-state index contributed by atoms with van der Waals surface area (Å²) in [5.74, 6) is 0. The van der Waals surface area contributed by atoms with Gasteiger partial charge in [0.05, 0.1) is 0 Å². The van der Waals surface area contributed by atoms with Crippen LogP contribution >= 0.6 is 0 Å². The fourth-order valence-electron chi connectivity index (χ4n) is 4.59. The van der Waals surface area contributed by atoms with Gasteiger partial charge in [-0.1, -0.05) is 0 Å². The summed E-state index contributed by atoms with van der Waals surface area (Å²) in [6.07, 6.45) is 23.0. The lowest BCUT2D eigenvalue weighted by Gasteiger charge is -1.76. The smallest absolute Gasteiger partial charge is 0.0466 e. The van der Waals surface area contributed by atoms with E-state index in [0.717, 1.165) is 126 Å². The third kappa shape index (κ3) is 43.6. The average molecular weight is 681 g/mol. The average Bonchev–Trinajstić information content (AvgIpc) is 4.06. The minimum atomic E-state index is 1.00. The van der Waals surface area contributed by atoms with E-state index in [1.165, 1.54) is 116 Å². The van der Waals surface area contributed by atoms with Gasteiger partial charge < -0.3 is 47.7 Å². The maximum atomic E-state index is 7.00. The zero-order valence-corrected chi connectivity index (χ0v) is 30.6. The molecule has 9 heterocycles. The fourth-order valence-corrected chi connectivity index (χ4v) is 4.59. The SMILES string of the molecule is C1CCOC1.C1CCOC1.C1CCOC1.C1CCOC1.C1CCOC1.C1CCOC1.C1CCOC1.C1CCOC1.C1CCOC1.CO. The molecule has 0 atom stereocenters. The minimum absolute atomic E-state index is 1.00. The molecule has 0 unspecified atom stereocenters. The van der Waals surface area contributed by atoms with E-state index < -0.39 is 0 Å². The maximum Gasteiger partial charge on any atom is 0.0466 e. The number of hydrogen-bond acceptors (Lipinski definition) is 10. The van der Waals surface area contributed by atoms with Crippen LogP contribution in [0.3, 0.4) is 0 Å². The first-order valence-corrected chi connectivity index (χ1v) is 19.1. The van der Waals surface area contributed by atoms with Crippen LogP contribution in [0.15, 0.2) is 0 Å². The predicted octanol–water partition coefficient (Wildman–Crippen LogP) is 6.78. The molecule has 0 radical (unpaired) electrons. The Kier molecular flexibility index (Phi) is 45.2. The number of rotatable bonds is 0. The summed E-state index contributed by atoms with van der Waals surface area (Å²) in [6.45, 7) is 18.0. The van der Waals surface area contributed by atoms with Gasteiger partial charge in [-0.15, -0.1) is 0 Å². The lowest BCUT2D eigenvalue weighted by Crippen LogP contribution is -1.74. The monoisotopic (exact) mass is 681 g/mol. The molecule has 47 heavy (non-hydrogen) atoms. The molecule has 0 bridgehead atoms. The maximum absolute atomic E-state index is 7.00. The third-order valence-corrected chi connectivity index (χ3v) is 7.45. The summed E-state index contributed by atoms with van der Waals surface area (Å²) in [7, 11) is 1.00. The highest BCUT2D eigenvalue weighted by Gasteiger charge is 1.98. The first-order chi connectivity index (χ1) is 23.5. The van der Waals surface area contributed by atoms with E-state index in [2.05, 4.69) is 0 Å². The van der Waals surface area contributed by atoms with Crippen molar-refractivity contribution in [2.24, 2.45) is 0 Å². The normalized spacial score (nSPS) is 23.1. The molecule has 9 saturated heterocycles. The van der Waals surface area contributed by atoms with Gasteiger partial charge in [-0.2, -0.15) is 0 Å². The van der Waals surface area contributed by atoms with E-state index in [-0.39, 0.29) is 0 Å². The van der Waals surface area contributed by atoms with E-state index in [0.29, 0.717) is 0 Å². The molecule has 284 valence electrons. The summed E-state index contributed by atoms with van der Waals surface area (Å²) in [5, 5.41) is 7.00. The Hall–Kier alpha value is -0.400. The summed E-state index contributed by atoms with van der Waals surface area (Å²) < 4.78 is 44.5. The second-order valence-electron chi connectivity index (χ2n) is 11.9. The molecular weight excluding hydrogens is 604 g/mol. The van der Waals surface area contributed by atoms with Gasteiger partial charge in [0.15, 0.2) is 0 Å². The van der Waals surface area contributed by atoms with Gasteiger partial charge in [0, 0.05) is 126 Å². The molecule has 9 aliphatic heterocycles. The third-order valence-electron chi connectivity index (χ3n) is 7.45. The molecular formula is C37H76O10. The molecule has 9 fully saturated rings. The summed E-state index contributed by atoms with van der Waals surface area (Å²) in [6, 6.07) is 0. The highest BCUT2D eigenvalue weighted by atomic mass is 16.5. The lowest BCUT2D eigenvalue weighted by atomic mass is 10.4. The van der Waals surface area contributed by atoms with Gasteiger partial charge in [-0.05, 0) is 116 Å². The quantitative estimate of drug-likeness (QED) is 0.295. The summed E-state index contributed by atoms with van der Waals surface area (Å²) in [5.41, 5.74) is 0. The summed E-state index contributed by atoms with van der Waals surface area (Å²) >= 11 is 0. The van der Waals surface area contributed by atoms with Gasteiger partial charge in [-0.25, -0.2) is 0 Å². The standard InChI is InChI=1S/9C4H8O.CH4O/c9*1-2-4-5-3-1;1-2/h9*1-4H2;2H,1H3. The molecule has 0 saturated carbocycles. The van der Waals surface area contributed by atoms with Crippen LogP contribution in [0.2, 0.25) is 0 Å². The van der Waals surface area contributed by atoms with Crippen molar-refractivity contribution in [2.75, 3.05) is 126 Å². The van der Waals surface area contributed by atoms with Gasteiger partial charge >= 0.3 is 0 Å². The zero-order valence-electron chi connectivity index (χ0n) is 30.6. The van der Waals surface area contributed by atoms with Crippen molar-refractivity contribution in [3.63, 3.8) is 0 Å². The minimum Gasteiger partial charge on any atom is -0.400 e. The topological polar surface area (TPSA) is 103 Å². The molecule has 10 nitrogen and oxygen atoms in total. The van der Waals surface area contributed by atoms with Crippen molar-refractivity contribution in [3.05, 3.63) is 0 Å². The Bertz CT molecular complexity index is 282. The summed E-state index contributed by atoms with van der Waals surface area (Å²) in [4.78, 5) is 0. The lowest BCUT2D eigenvalue weighted by molar-refractivity contribution is 0.198. The Morgan fingerprint density at radius 3 is 0.255 bits per heavy atom. The van der Waals surface area contributed by atoms with Crippen molar-refractivity contribution in [3.8, 4) is 0 Å². The van der Waals surface area contributed by atoms with Crippen LogP contribution in [0.25, 0.3) is 0 Å². The molecule has 1 N–H and O–H groups in total. The fraction of sp³-hybridized carbons (Fsp3) is 1.00. The molecule has 9 rings (SSSR count). The van der Waals surface area contributed by atoms with E-state index in [4.69, 9.17) is 47.7 Å². The van der Waals surface area contributed by atoms with Gasteiger partial charge in [0.25, 0.3) is 0 Å². The van der Waals surface area contributed by atoms with Crippen LogP contribution in [0.1, 0.15) is 116 Å². The van der Waals surface area contributed by atoms with E-state index in [1.54, 1.807) is 0 Å². The molecule has 0 aromatic heterocycles. The zero-order chi connectivity index (χ0) is 33.8. The van der Waals surface area contributed by atoms with Crippen molar-refractivity contribution in [2.45, 2.75) is 116 Å². The van der Waals surface area contributed by atoms with Crippen LogP contribution in [-0.2, 0) is 42.6 Å². The van der Waals surface area contributed by atoms with Crippen LogP contribution < -0.4 is 0 Å². The number of aliphatic hydroxyl groups excluding tert-OH is 1. The molecule has 0 spiro atoms. The number of hydrogen-bond donors (Lipinski definition) is 1. The Morgan fingerprint density at radius 2 is 0.234 bits per heavy atom. The van der Waals surface area contributed by atoms with Gasteiger partial charge in [0.2, 0.25) is 0 Å². The van der Waals surface area contributed by atoms with Crippen molar-refractivity contribution < 1.29 is 47.7 Å². The molecule has 0 aromatic carbocycles. The molecule has 0 aromatic rings. The molecule has 0 aliphatic carbocycles. The van der Waals surface area contributed by atoms with Crippen molar-refractivity contribution in [1.29, 1.82) is 0 Å². The highest BCUT2D eigenvalue weighted by Crippen LogP contribution is 2.02. The molecule has 0 amide bonds. The van der Waals surface area contributed by atoms with Gasteiger partial charge in [-0.3, -0.25) is 0 Å². The largest absolute Gasteiger partial charge is 0.400 e. The van der Waals surface area contributed by atoms with Crippen LogP contribution in [0.4, 0.5) is 0 Å². The second kappa shape index (κ2) is 45.6. The van der Waals surface area contributed by atoms with Crippen molar-refractivity contribution >= 4 is 0 Å². The highest BCUT2D eigenvalue weighted by molar-refractivity contribution is 4.47. The Labute approximate surface area is 289 Å². The van der Waals surface area contributed by atoms with Crippen LogP contribution in [0.5, 0.6) is 0 Å². The molecule has 9 aliphatic rings. The molecule has 10 heteroatoms. The van der Waals surface area contributed by atoms with Crippen LogP contribution in [0, 0.1) is 0 Å². The van der Waals surface area contributed by atoms with E-state index in [1.807, 2.05) is 0 Å². The van der Waals surface area contributed by atoms with Crippen LogP contribution in [-0.4, -0.2) is 131 Å². The Morgan fingerprint density at radius 1 is 0.170 bits per heavy atom. The van der Waals surface area contributed by atoms with E-state index >= 15 is 0 Å².